The molecule has 1 heterocycles. The van der Waals surface area contributed by atoms with Gasteiger partial charge in [-0.05, 0) is 52.5 Å². The SMILES string of the molecule is CNC1(C)CCN(CC(=O)NC(C)(C#N)C2CC2)CC1. The van der Waals surface area contributed by atoms with Crippen molar-refractivity contribution in [3.8, 4) is 6.07 Å². The van der Waals surface area contributed by atoms with Crippen molar-refractivity contribution in [1.82, 2.24) is 15.5 Å². The van der Waals surface area contributed by atoms with E-state index in [0.29, 0.717) is 12.5 Å². The van der Waals surface area contributed by atoms with Crippen LogP contribution in [0.25, 0.3) is 0 Å². The number of nitrogens with one attached hydrogen (secondary N) is 2. The molecule has 2 fully saturated rings. The number of carbonyl (C=O) groups excluding carboxylic acids is 1. The molecule has 2 N–H and O–H groups in total. The second-order valence-corrected chi connectivity index (χ2v) is 6.72. The summed E-state index contributed by atoms with van der Waals surface area (Å²) in [4.78, 5) is 14.3. The summed E-state index contributed by atoms with van der Waals surface area (Å²) in [7, 11) is 2.00. The minimum Gasteiger partial charge on any atom is -0.337 e. The summed E-state index contributed by atoms with van der Waals surface area (Å²) >= 11 is 0. The van der Waals surface area contributed by atoms with Gasteiger partial charge < -0.3 is 10.6 Å². The van der Waals surface area contributed by atoms with E-state index in [1.807, 2.05) is 14.0 Å². The van der Waals surface area contributed by atoms with Gasteiger partial charge >= 0.3 is 0 Å². The van der Waals surface area contributed by atoms with E-state index in [2.05, 4.69) is 28.5 Å². The number of amides is 1. The zero-order chi connectivity index (χ0) is 14.8. The van der Waals surface area contributed by atoms with Gasteiger partial charge in [0.05, 0.1) is 12.6 Å². The molecular weight excluding hydrogens is 252 g/mol. The third-order valence-electron chi connectivity index (χ3n) is 4.96. The Labute approximate surface area is 121 Å². The highest BCUT2D eigenvalue weighted by Gasteiger charge is 2.43. The van der Waals surface area contributed by atoms with Crippen LogP contribution in [0.1, 0.15) is 39.5 Å². The van der Waals surface area contributed by atoms with Crippen LogP contribution in [-0.4, -0.2) is 48.6 Å². The van der Waals surface area contributed by atoms with E-state index in [9.17, 15) is 10.1 Å². The number of likely N-dealkylation sites (tertiary alicyclic amines) is 1. The molecular formula is C15H26N4O. The molecule has 0 bridgehead atoms. The average molecular weight is 278 g/mol. The Hall–Kier alpha value is -1.12. The molecule has 0 aromatic carbocycles. The van der Waals surface area contributed by atoms with E-state index in [1.54, 1.807) is 0 Å². The van der Waals surface area contributed by atoms with Gasteiger partial charge in [0.2, 0.25) is 5.91 Å². The molecule has 0 spiro atoms. The molecule has 5 nitrogen and oxygen atoms in total. The van der Waals surface area contributed by atoms with Crippen LogP contribution in [0.5, 0.6) is 0 Å². The van der Waals surface area contributed by atoms with Crippen LogP contribution in [0.3, 0.4) is 0 Å². The lowest BCUT2D eigenvalue weighted by molar-refractivity contribution is -0.124. The van der Waals surface area contributed by atoms with Gasteiger partial charge in [-0.3, -0.25) is 9.69 Å². The van der Waals surface area contributed by atoms with Crippen molar-refractivity contribution in [3.63, 3.8) is 0 Å². The number of nitriles is 1. The molecule has 0 aromatic rings. The highest BCUT2D eigenvalue weighted by atomic mass is 16.2. The van der Waals surface area contributed by atoms with Crippen LogP contribution in [0, 0.1) is 17.2 Å². The molecule has 5 heteroatoms. The molecule has 112 valence electrons. The Morgan fingerprint density at radius 2 is 2.05 bits per heavy atom. The lowest BCUT2D eigenvalue weighted by Crippen LogP contribution is -2.54. The normalized spacial score (nSPS) is 25.5. The van der Waals surface area contributed by atoms with Gasteiger partial charge in [0.15, 0.2) is 0 Å². The maximum absolute atomic E-state index is 12.1. The highest BCUT2D eigenvalue weighted by molar-refractivity contribution is 5.79. The van der Waals surface area contributed by atoms with Crippen molar-refractivity contribution in [2.24, 2.45) is 5.92 Å². The third kappa shape index (κ3) is 3.50. The number of hydrogen-bond acceptors (Lipinski definition) is 4. The summed E-state index contributed by atoms with van der Waals surface area (Å²) in [6.07, 6.45) is 4.20. The first kappa shape index (κ1) is 15.3. The van der Waals surface area contributed by atoms with Crippen molar-refractivity contribution < 1.29 is 4.79 Å². The number of piperidine rings is 1. The van der Waals surface area contributed by atoms with Gasteiger partial charge in [0.25, 0.3) is 0 Å². The Morgan fingerprint density at radius 1 is 1.45 bits per heavy atom. The lowest BCUT2D eigenvalue weighted by atomic mass is 9.90. The quantitative estimate of drug-likeness (QED) is 0.783. The number of nitrogens with zero attached hydrogens (tertiary/aromatic N) is 2. The van der Waals surface area contributed by atoms with E-state index in [1.165, 1.54) is 0 Å². The van der Waals surface area contributed by atoms with E-state index in [0.717, 1.165) is 38.8 Å². The first-order valence-electron chi connectivity index (χ1n) is 7.54. The highest BCUT2D eigenvalue weighted by Crippen LogP contribution is 2.39. The van der Waals surface area contributed by atoms with Gasteiger partial charge in [-0.15, -0.1) is 0 Å². The van der Waals surface area contributed by atoms with Crippen molar-refractivity contribution in [3.05, 3.63) is 0 Å². The molecule has 1 atom stereocenters. The van der Waals surface area contributed by atoms with Gasteiger partial charge in [-0.25, -0.2) is 0 Å². The van der Waals surface area contributed by atoms with Crippen LogP contribution in [0.2, 0.25) is 0 Å². The molecule has 2 aliphatic rings. The fourth-order valence-corrected chi connectivity index (χ4v) is 2.87. The summed E-state index contributed by atoms with van der Waals surface area (Å²) in [5.41, 5.74) is -0.478. The summed E-state index contributed by atoms with van der Waals surface area (Å²) in [5.74, 6) is 0.319. The predicted molar refractivity (Wildman–Crippen MR) is 78.0 cm³/mol. The van der Waals surface area contributed by atoms with Crippen molar-refractivity contribution in [2.45, 2.75) is 50.6 Å². The fourth-order valence-electron chi connectivity index (χ4n) is 2.87. The lowest BCUT2D eigenvalue weighted by Gasteiger charge is -2.39. The van der Waals surface area contributed by atoms with Crippen LogP contribution in [0.4, 0.5) is 0 Å². The molecule has 0 radical (unpaired) electrons. The summed E-state index contributed by atoms with van der Waals surface area (Å²) in [5, 5.41) is 15.5. The second kappa shape index (κ2) is 5.71. The first-order valence-corrected chi connectivity index (χ1v) is 7.54. The molecule has 0 aromatic heterocycles. The van der Waals surface area contributed by atoms with Gasteiger partial charge in [-0.1, -0.05) is 0 Å². The standard InChI is InChI=1S/C15H26N4O/c1-14(17-3)6-8-19(9-7-14)10-13(20)18-15(2,11-16)12-4-5-12/h12,17H,4-10H2,1-3H3,(H,18,20). The van der Waals surface area contributed by atoms with Crippen LogP contribution in [-0.2, 0) is 4.79 Å². The zero-order valence-electron chi connectivity index (χ0n) is 12.8. The van der Waals surface area contributed by atoms with Crippen LogP contribution in [0.15, 0.2) is 0 Å². The maximum atomic E-state index is 12.1. The number of rotatable bonds is 5. The first-order chi connectivity index (χ1) is 9.41. The average Bonchev–Trinajstić information content (AvgIpc) is 3.26. The summed E-state index contributed by atoms with van der Waals surface area (Å²) in [6, 6.07) is 2.27. The molecule has 1 aliphatic carbocycles. The Kier molecular flexibility index (Phi) is 4.36. The van der Waals surface area contributed by atoms with Gasteiger partial charge in [0.1, 0.15) is 5.54 Å². The fraction of sp³-hybridized carbons (Fsp3) is 0.867. The minimum atomic E-state index is -0.674. The Balaban J connectivity index is 1.80. The van der Waals surface area contributed by atoms with Gasteiger partial charge in [-0.2, -0.15) is 5.26 Å². The Bertz CT molecular complexity index is 405. The monoisotopic (exact) mass is 278 g/mol. The summed E-state index contributed by atoms with van der Waals surface area (Å²) < 4.78 is 0. The minimum absolute atomic E-state index is 0.0194. The van der Waals surface area contributed by atoms with E-state index < -0.39 is 5.54 Å². The molecule has 2 rings (SSSR count). The topological polar surface area (TPSA) is 68.2 Å². The summed E-state index contributed by atoms with van der Waals surface area (Å²) in [6.45, 7) is 6.33. The predicted octanol–water partition coefficient (Wildman–Crippen LogP) is 0.869. The molecule has 1 unspecified atom stereocenters. The third-order valence-corrected chi connectivity index (χ3v) is 4.96. The molecule has 1 amide bonds. The molecule has 20 heavy (non-hydrogen) atoms. The largest absolute Gasteiger partial charge is 0.337 e. The van der Waals surface area contributed by atoms with Crippen molar-refractivity contribution in [2.75, 3.05) is 26.7 Å². The van der Waals surface area contributed by atoms with Crippen molar-refractivity contribution in [1.29, 1.82) is 5.26 Å². The smallest absolute Gasteiger partial charge is 0.235 e. The van der Waals surface area contributed by atoms with E-state index in [-0.39, 0.29) is 11.4 Å². The molecule has 1 saturated carbocycles. The van der Waals surface area contributed by atoms with E-state index >= 15 is 0 Å². The number of hydrogen-bond donors (Lipinski definition) is 2. The molecule has 1 saturated heterocycles. The number of carbonyl (C=O) groups is 1. The maximum Gasteiger partial charge on any atom is 0.235 e. The van der Waals surface area contributed by atoms with Gasteiger partial charge in [0, 0.05) is 18.6 Å². The van der Waals surface area contributed by atoms with Crippen LogP contribution < -0.4 is 10.6 Å². The zero-order valence-corrected chi connectivity index (χ0v) is 12.8. The van der Waals surface area contributed by atoms with Crippen LogP contribution >= 0.6 is 0 Å². The molecule has 1 aliphatic heterocycles. The Morgan fingerprint density at radius 3 is 2.50 bits per heavy atom. The van der Waals surface area contributed by atoms with Crippen molar-refractivity contribution >= 4 is 5.91 Å². The second-order valence-electron chi connectivity index (χ2n) is 6.72. The van der Waals surface area contributed by atoms with E-state index in [4.69, 9.17) is 0 Å².